The Kier molecular flexibility index (Phi) is 4.13. The maximum Gasteiger partial charge on any atom is 0.243 e. The molecule has 0 spiro atoms. The van der Waals surface area contributed by atoms with Gasteiger partial charge < -0.3 is 9.47 Å². The highest BCUT2D eigenvalue weighted by Gasteiger charge is 2.43. The molecule has 5 rings (SSSR count). The number of hydrazone groups is 1. The summed E-state index contributed by atoms with van der Waals surface area (Å²) in [5, 5.41) is 5.22. The van der Waals surface area contributed by atoms with Gasteiger partial charge in [-0.05, 0) is 30.0 Å². The van der Waals surface area contributed by atoms with Crippen LogP contribution in [0.25, 0.3) is 10.9 Å². The van der Waals surface area contributed by atoms with E-state index in [0.717, 1.165) is 11.8 Å². The van der Waals surface area contributed by atoms with Crippen LogP contribution in [0.15, 0.2) is 53.6 Å². The Morgan fingerprint density at radius 2 is 1.96 bits per heavy atom. The first-order chi connectivity index (χ1) is 13.7. The summed E-state index contributed by atoms with van der Waals surface area (Å²) in [5.41, 5.74) is 5.12. The van der Waals surface area contributed by atoms with Crippen LogP contribution in [-0.4, -0.2) is 23.9 Å². The number of halogens is 1. The molecular weight excluding hydrogens is 378 g/mol. The van der Waals surface area contributed by atoms with Crippen molar-refractivity contribution in [3.05, 3.63) is 64.8 Å². The van der Waals surface area contributed by atoms with E-state index in [-0.39, 0.29) is 24.5 Å². The van der Waals surface area contributed by atoms with E-state index in [1.54, 1.807) is 6.07 Å². The zero-order chi connectivity index (χ0) is 19.1. The average molecular weight is 394 g/mol. The summed E-state index contributed by atoms with van der Waals surface area (Å²) in [7, 11) is 0. The summed E-state index contributed by atoms with van der Waals surface area (Å²) in [6, 6.07) is 15.5. The Hall–Kier alpha value is -3.12. The van der Waals surface area contributed by atoms with E-state index in [1.807, 2.05) is 42.5 Å². The second-order valence-corrected chi connectivity index (χ2v) is 7.22. The molecule has 140 valence electrons. The Morgan fingerprint density at radius 1 is 1.18 bits per heavy atom. The summed E-state index contributed by atoms with van der Waals surface area (Å²) in [5.74, 6) is 1.48. The molecule has 1 aliphatic heterocycles. The molecule has 6 nitrogen and oxygen atoms in total. The topological polar surface area (TPSA) is 72.8 Å². The van der Waals surface area contributed by atoms with Crippen LogP contribution in [0.1, 0.15) is 23.5 Å². The largest absolute Gasteiger partial charge is 0.454 e. The van der Waals surface area contributed by atoms with Crippen molar-refractivity contribution in [2.75, 3.05) is 6.79 Å². The third kappa shape index (κ3) is 3.16. The van der Waals surface area contributed by atoms with E-state index in [4.69, 9.17) is 21.1 Å². The Balaban J connectivity index is 1.29. The predicted molar refractivity (Wildman–Crippen MR) is 106 cm³/mol. The van der Waals surface area contributed by atoms with E-state index >= 15 is 0 Å². The Labute approximate surface area is 166 Å². The molecule has 1 saturated carbocycles. The van der Waals surface area contributed by atoms with E-state index in [0.29, 0.717) is 27.7 Å². The van der Waals surface area contributed by atoms with Gasteiger partial charge in [0.25, 0.3) is 0 Å². The molecule has 2 heterocycles. The summed E-state index contributed by atoms with van der Waals surface area (Å²) < 4.78 is 10.8. The van der Waals surface area contributed by atoms with Crippen molar-refractivity contribution in [1.29, 1.82) is 0 Å². The van der Waals surface area contributed by atoms with E-state index < -0.39 is 0 Å². The van der Waals surface area contributed by atoms with E-state index in [2.05, 4.69) is 15.5 Å². The van der Waals surface area contributed by atoms with E-state index in [9.17, 15) is 4.79 Å². The number of benzene rings is 2. The minimum absolute atomic E-state index is 0.0375. The fraction of sp³-hybridized carbons (Fsp3) is 0.190. The smallest absolute Gasteiger partial charge is 0.243 e. The molecular formula is C21H16ClN3O3. The average Bonchev–Trinajstić information content (AvgIpc) is 3.39. The first-order valence-electron chi connectivity index (χ1n) is 8.97. The highest BCUT2D eigenvalue weighted by Crippen LogP contribution is 2.47. The molecule has 0 radical (unpaired) electrons. The highest BCUT2D eigenvalue weighted by molar-refractivity contribution is 6.32. The number of ether oxygens (including phenoxy) is 2. The second kappa shape index (κ2) is 6.80. The zero-order valence-electron chi connectivity index (χ0n) is 14.8. The molecule has 2 atom stereocenters. The molecule has 2 aromatic carbocycles. The molecule has 2 aliphatic rings. The van der Waals surface area contributed by atoms with Crippen molar-refractivity contribution >= 4 is 34.6 Å². The predicted octanol–water partition coefficient (Wildman–Crippen LogP) is 3.87. The van der Waals surface area contributed by atoms with Crippen molar-refractivity contribution in [2.24, 2.45) is 11.0 Å². The summed E-state index contributed by atoms with van der Waals surface area (Å²) in [4.78, 5) is 16.7. The van der Waals surface area contributed by atoms with Gasteiger partial charge in [-0.2, -0.15) is 5.10 Å². The highest BCUT2D eigenvalue weighted by atomic mass is 35.5. The minimum atomic E-state index is -0.0849. The Morgan fingerprint density at radius 3 is 2.79 bits per heavy atom. The van der Waals surface area contributed by atoms with Crippen LogP contribution in [0.5, 0.6) is 11.5 Å². The lowest BCUT2D eigenvalue weighted by atomic mass is 10.1. The van der Waals surface area contributed by atoms with Gasteiger partial charge in [0.15, 0.2) is 11.5 Å². The number of fused-ring (bicyclic) bond motifs is 2. The van der Waals surface area contributed by atoms with Crippen LogP contribution in [0.4, 0.5) is 0 Å². The van der Waals surface area contributed by atoms with Crippen molar-refractivity contribution in [3.8, 4) is 11.5 Å². The number of nitrogens with one attached hydrogen (secondary N) is 1. The lowest BCUT2D eigenvalue weighted by Crippen LogP contribution is -2.20. The molecule has 7 heteroatoms. The first-order valence-corrected chi connectivity index (χ1v) is 9.34. The van der Waals surface area contributed by atoms with Gasteiger partial charge in [0, 0.05) is 22.9 Å². The number of carbonyl (C=O) groups excluding carboxylic acids is 1. The van der Waals surface area contributed by atoms with Gasteiger partial charge in [0.05, 0.1) is 11.7 Å². The molecule has 1 amide bonds. The molecule has 1 N–H and O–H groups in total. The standard InChI is InChI=1S/C21H16ClN3O3/c22-20-14(6-13-7-18-19(28-11-27-18)9-17(13)24-20)10-23-25-21(26)16-8-15(16)12-4-2-1-3-5-12/h1-7,9-10,15-16H,8,11H2,(H,25,26)/b23-10-/t15-,16+/m1/s1. The van der Waals surface area contributed by atoms with Crippen LogP contribution in [0, 0.1) is 5.92 Å². The number of aromatic nitrogens is 1. The number of rotatable bonds is 4. The molecule has 0 bridgehead atoms. The number of pyridine rings is 1. The van der Waals surface area contributed by atoms with Crippen LogP contribution >= 0.6 is 11.6 Å². The normalized spacial score (nSPS) is 19.9. The maximum atomic E-state index is 12.3. The molecule has 3 aromatic rings. The van der Waals surface area contributed by atoms with Crippen molar-refractivity contribution in [1.82, 2.24) is 10.4 Å². The van der Waals surface area contributed by atoms with Gasteiger partial charge in [0.1, 0.15) is 5.15 Å². The maximum absolute atomic E-state index is 12.3. The van der Waals surface area contributed by atoms with Gasteiger partial charge in [0.2, 0.25) is 12.7 Å². The molecule has 0 unspecified atom stereocenters. The van der Waals surface area contributed by atoms with Crippen LogP contribution < -0.4 is 14.9 Å². The monoisotopic (exact) mass is 393 g/mol. The fourth-order valence-electron chi connectivity index (χ4n) is 3.45. The number of hydrogen-bond acceptors (Lipinski definition) is 5. The molecule has 1 aliphatic carbocycles. The fourth-order valence-corrected chi connectivity index (χ4v) is 3.64. The van der Waals surface area contributed by atoms with Crippen LogP contribution in [-0.2, 0) is 4.79 Å². The van der Waals surface area contributed by atoms with Gasteiger partial charge in [-0.3, -0.25) is 4.79 Å². The number of nitrogens with zero attached hydrogens (tertiary/aromatic N) is 2. The summed E-state index contributed by atoms with van der Waals surface area (Å²) >= 11 is 6.26. The van der Waals surface area contributed by atoms with Gasteiger partial charge in [-0.15, -0.1) is 0 Å². The third-order valence-corrected chi connectivity index (χ3v) is 5.33. The third-order valence-electron chi connectivity index (χ3n) is 5.02. The molecule has 1 fully saturated rings. The number of hydrogen-bond donors (Lipinski definition) is 1. The first kappa shape index (κ1) is 17.0. The SMILES string of the molecule is O=C(N/N=C\c1cc2cc3c(cc2nc1Cl)OCO3)[C@H]1C[C@@H]1c1ccccc1. The molecule has 28 heavy (non-hydrogen) atoms. The van der Waals surface area contributed by atoms with Crippen molar-refractivity contribution in [2.45, 2.75) is 12.3 Å². The molecule has 1 aromatic heterocycles. The van der Waals surface area contributed by atoms with Crippen LogP contribution in [0.2, 0.25) is 5.15 Å². The van der Waals surface area contributed by atoms with Gasteiger partial charge >= 0.3 is 0 Å². The van der Waals surface area contributed by atoms with Crippen molar-refractivity contribution < 1.29 is 14.3 Å². The lowest BCUT2D eigenvalue weighted by molar-refractivity contribution is -0.122. The number of carbonyl (C=O) groups is 1. The van der Waals surface area contributed by atoms with Gasteiger partial charge in [-0.25, -0.2) is 10.4 Å². The molecule has 0 saturated heterocycles. The quantitative estimate of drug-likeness (QED) is 0.415. The Bertz CT molecular complexity index is 1100. The van der Waals surface area contributed by atoms with Crippen molar-refractivity contribution in [3.63, 3.8) is 0 Å². The second-order valence-electron chi connectivity index (χ2n) is 6.86. The van der Waals surface area contributed by atoms with Crippen LogP contribution in [0.3, 0.4) is 0 Å². The summed E-state index contributed by atoms with van der Waals surface area (Å²) in [6.07, 6.45) is 2.36. The number of amides is 1. The minimum Gasteiger partial charge on any atom is -0.454 e. The van der Waals surface area contributed by atoms with Gasteiger partial charge in [-0.1, -0.05) is 41.9 Å². The zero-order valence-corrected chi connectivity index (χ0v) is 15.5. The lowest BCUT2D eigenvalue weighted by Gasteiger charge is -2.04. The summed E-state index contributed by atoms with van der Waals surface area (Å²) in [6.45, 7) is 0.199. The van der Waals surface area contributed by atoms with E-state index in [1.165, 1.54) is 11.8 Å².